The Morgan fingerprint density at radius 1 is 1.09 bits per heavy atom. The zero-order valence-corrected chi connectivity index (χ0v) is 15.2. The van der Waals surface area contributed by atoms with Crippen LogP contribution in [0.4, 0.5) is 9.59 Å². The number of carbonyl (C=O) groups is 2. The molecule has 0 aliphatic heterocycles. The van der Waals surface area contributed by atoms with Gasteiger partial charge in [-0.3, -0.25) is 0 Å². The summed E-state index contributed by atoms with van der Waals surface area (Å²) >= 11 is 0. The van der Waals surface area contributed by atoms with Crippen molar-refractivity contribution in [2.24, 2.45) is 0 Å². The zero-order chi connectivity index (χ0) is 17.7. The monoisotopic (exact) mass is 326 g/mol. The van der Waals surface area contributed by atoms with Crippen molar-refractivity contribution < 1.29 is 19.1 Å². The van der Waals surface area contributed by atoms with E-state index in [-0.39, 0.29) is 0 Å². The van der Waals surface area contributed by atoms with Crippen molar-refractivity contribution in [1.29, 1.82) is 0 Å². The summed E-state index contributed by atoms with van der Waals surface area (Å²) in [5, 5.41) is 1.19. The summed E-state index contributed by atoms with van der Waals surface area (Å²) in [6, 6.07) is 0. The Kier molecular flexibility index (Phi) is 6.47. The molecule has 0 saturated heterocycles. The van der Waals surface area contributed by atoms with Gasteiger partial charge in [0.15, 0.2) is 0 Å². The van der Waals surface area contributed by atoms with E-state index in [2.05, 4.69) is 11.5 Å². The number of ether oxygens (including phenoxy) is 2. The average molecular weight is 326 g/mol. The molecule has 1 aliphatic rings. The van der Waals surface area contributed by atoms with Gasteiger partial charge in [0.2, 0.25) is 0 Å². The van der Waals surface area contributed by atoms with Crippen LogP contribution >= 0.6 is 0 Å². The lowest BCUT2D eigenvalue weighted by Gasteiger charge is -2.30. The predicted octanol–water partition coefficient (Wildman–Crippen LogP) is 4.16. The van der Waals surface area contributed by atoms with Crippen LogP contribution in [0.3, 0.4) is 0 Å². The smallest absolute Gasteiger partial charge is 0.429 e. The van der Waals surface area contributed by atoms with Crippen molar-refractivity contribution in [1.82, 2.24) is 10.4 Å². The van der Waals surface area contributed by atoms with Crippen LogP contribution in [0.5, 0.6) is 0 Å². The Morgan fingerprint density at radius 3 is 2.17 bits per heavy atom. The second-order valence-electron chi connectivity index (χ2n) is 7.79. The zero-order valence-electron chi connectivity index (χ0n) is 15.2. The highest BCUT2D eigenvalue weighted by molar-refractivity contribution is 5.74. The molecule has 2 amide bonds. The Balaban J connectivity index is 2.76. The van der Waals surface area contributed by atoms with E-state index in [1.807, 2.05) is 0 Å². The van der Waals surface area contributed by atoms with Gasteiger partial charge in [-0.1, -0.05) is 11.6 Å². The highest BCUT2D eigenvalue weighted by Crippen LogP contribution is 2.19. The SMILES string of the molecule is CC(C)(C)OC(=O)NN(CC1=CCCCC1)C(=O)OC(C)(C)C. The summed E-state index contributed by atoms with van der Waals surface area (Å²) in [7, 11) is 0. The van der Waals surface area contributed by atoms with Crippen LogP contribution in [0.25, 0.3) is 0 Å². The molecule has 0 heterocycles. The van der Waals surface area contributed by atoms with Gasteiger partial charge in [0, 0.05) is 0 Å². The minimum absolute atomic E-state index is 0.314. The van der Waals surface area contributed by atoms with E-state index in [1.165, 1.54) is 5.01 Å². The van der Waals surface area contributed by atoms with Gasteiger partial charge in [0.05, 0.1) is 6.54 Å². The van der Waals surface area contributed by atoms with E-state index < -0.39 is 23.4 Å². The lowest BCUT2D eigenvalue weighted by atomic mass is 10.00. The Morgan fingerprint density at radius 2 is 1.70 bits per heavy atom. The third kappa shape index (κ3) is 8.47. The summed E-state index contributed by atoms with van der Waals surface area (Å²) in [6.45, 7) is 11.0. The first kappa shape index (κ1) is 19.3. The summed E-state index contributed by atoms with van der Waals surface area (Å²) in [6.07, 6.45) is 5.06. The summed E-state index contributed by atoms with van der Waals surface area (Å²) < 4.78 is 10.6. The van der Waals surface area contributed by atoms with E-state index >= 15 is 0 Å². The van der Waals surface area contributed by atoms with Gasteiger partial charge in [-0.2, -0.15) is 0 Å². The van der Waals surface area contributed by atoms with Crippen molar-refractivity contribution in [3.05, 3.63) is 11.6 Å². The van der Waals surface area contributed by atoms with Crippen LogP contribution in [0.1, 0.15) is 67.2 Å². The number of rotatable bonds is 2. The molecule has 0 bridgehead atoms. The van der Waals surface area contributed by atoms with E-state index in [4.69, 9.17) is 9.47 Å². The standard InChI is InChI=1S/C17H30N2O4/c1-16(2,3)22-14(20)18-19(15(21)23-17(4,5)6)12-13-10-8-7-9-11-13/h10H,7-9,11-12H2,1-6H3,(H,18,20). The van der Waals surface area contributed by atoms with Gasteiger partial charge < -0.3 is 9.47 Å². The molecule has 1 aliphatic carbocycles. The molecule has 1 N–H and O–H groups in total. The number of hydrazine groups is 1. The third-order valence-corrected chi connectivity index (χ3v) is 2.99. The molecule has 0 aromatic rings. The van der Waals surface area contributed by atoms with Crippen molar-refractivity contribution in [3.63, 3.8) is 0 Å². The fourth-order valence-corrected chi connectivity index (χ4v) is 2.13. The lowest BCUT2D eigenvalue weighted by Crippen LogP contribution is -2.50. The van der Waals surface area contributed by atoms with E-state index in [1.54, 1.807) is 41.5 Å². The molecule has 0 fully saturated rings. The molecule has 6 heteroatoms. The molecule has 0 aromatic heterocycles. The fraction of sp³-hybridized carbons (Fsp3) is 0.765. The third-order valence-electron chi connectivity index (χ3n) is 2.99. The summed E-state index contributed by atoms with van der Waals surface area (Å²) in [5.74, 6) is 0. The number of hydrogen-bond acceptors (Lipinski definition) is 4. The van der Waals surface area contributed by atoms with Gasteiger partial charge in [-0.15, -0.1) is 0 Å². The van der Waals surface area contributed by atoms with Crippen molar-refractivity contribution in [3.8, 4) is 0 Å². The Bertz CT molecular complexity index is 458. The number of carbonyl (C=O) groups excluding carboxylic acids is 2. The quantitative estimate of drug-likeness (QED) is 0.611. The maximum Gasteiger partial charge on any atom is 0.429 e. The number of allylic oxidation sites excluding steroid dienone is 1. The minimum atomic E-state index is -0.667. The van der Waals surface area contributed by atoms with Gasteiger partial charge >= 0.3 is 12.2 Å². The van der Waals surface area contributed by atoms with Crippen LogP contribution < -0.4 is 5.43 Å². The molecule has 0 radical (unpaired) electrons. The predicted molar refractivity (Wildman–Crippen MR) is 88.9 cm³/mol. The van der Waals surface area contributed by atoms with Crippen LogP contribution in [0.15, 0.2) is 11.6 Å². The molecule has 6 nitrogen and oxygen atoms in total. The normalized spacial score (nSPS) is 15.5. The number of amides is 2. The first-order chi connectivity index (χ1) is 10.5. The van der Waals surface area contributed by atoms with Gasteiger partial charge in [-0.05, 0) is 67.2 Å². The lowest BCUT2D eigenvalue weighted by molar-refractivity contribution is 0.00330. The topological polar surface area (TPSA) is 67.9 Å². The highest BCUT2D eigenvalue weighted by atomic mass is 16.6. The van der Waals surface area contributed by atoms with Crippen LogP contribution in [0.2, 0.25) is 0 Å². The van der Waals surface area contributed by atoms with Crippen molar-refractivity contribution in [2.75, 3.05) is 6.54 Å². The van der Waals surface area contributed by atoms with Crippen molar-refractivity contribution >= 4 is 12.2 Å². The molecule has 0 spiro atoms. The van der Waals surface area contributed by atoms with E-state index in [0.717, 1.165) is 31.3 Å². The maximum atomic E-state index is 12.3. The number of nitrogens with one attached hydrogen (secondary N) is 1. The second kappa shape index (κ2) is 7.70. The highest BCUT2D eigenvalue weighted by Gasteiger charge is 2.26. The van der Waals surface area contributed by atoms with Gasteiger partial charge in [0.1, 0.15) is 11.2 Å². The van der Waals surface area contributed by atoms with Crippen LogP contribution in [-0.2, 0) is 9.47 Å². The minimum Gasteiger partial charge on any atom is -0.443 e. The molecule has 23 heavy (non-hydrogen) atoms. The van der Waals surface area contributed by atoms with Gasteiger partial charge in [0.25, 0.3) is 0 Å². The average Bonchev–Trinajstić information content (AvgIpc) is 2.34. The molecular weight excluding hydrogens is 296 g/mol. The molecular formula is C17H30N2O4. The first-order valence-electron chi connectivity index (χ1n) is 8.14. The van der Waals surface area contributed by atoms with E-state index in [0.29, 0.717) is 6.54 Å². The summed E-state index contributed by atoms with van der Waals surface area (Å²) in [5.41, 5.74) is 2.36. The second-order valence-corrected chi connectivity index (χ2v) is 7.79. The van der Waals surface area contributed by atoms with E-state index in [9.17, 15) is 9.59 Å². The molecule has 0 atom stereocenters. The molecule has 132 valence electrons. The number of nitrogens with zero attached hydrogens (tertiary/aromatic N) is 1. The van der Waals surface area contributed by atoms with Crippen LogP contribution in [-0.4, -0.2) is 34.9 Å². The Labute approximate surface area is 139 Å². The molecule has 0 saturated carbocycles. The molecule has 1 rings (SSSR count). The summed E-state index contributed by atoms with van der Waals surface area (Å²) in [4.78, 5) is 24.3. The Hall–Kier alpha value is -1.72. The molecule has 0 unspecified atom stereocenters. The van der Waals surface area contributed by atoms with Gasteiger partial charge in [-0.25, -0.2) is 20.0 Å². The first-order valence-corrected chi connectivity index (χ1v) is 8.14. The van der Waals surface area contributed by atoms with Crippen molar-refractivity contribution in [2.45, 2.75) is 78.4 Å². The fourth-order valence-electron chi connectivity index (χ4n) is 2.13. The number of hydrogen-bond donors (Lipinski definition) is 1. The largest absolute Gasteiger partial charge is 0.443 e. The maximum absolute atomic E-state index is 12.3. The van der Waals surface area contributed by atoms with Crippen LogP contribution in [0, 0.1) is 0 Å². The molecule has 0 aromatic carbocycles.